The van der Waals surface area contributed by atoms with E-state index < -0.39 is 17.3 Å². The van der Waals surface area contributed by atoms with Crippen LogP contribution in [0.5, 0.6) is 0 Å². The van der Waals surface area contributed by atoms with Crippen LogP contribution in [0.3, 0.4) is 0 Å². The van der Waals surface area contributed by atoms with E-state index in [1.807, 2.05) is 5.10 Å². The lowest BCUT2D eigenvalue weighted by Crippen LogP contribution is -2.17. The standard InChI is InChI=1S/C7H5F2N5O/c8-3-1-5(10)6(2-4(3)9)14-7(15)11-12-13-14/h1-2H,10H2,(H,11,13,15). The number of aromatic nitrogens is 4. The monoisotopic (exact) mass is 213 g/mol. The third kappa shape index (κ3) is 1.45. The maximum absolute atomic E-state index is 12.9. The van der Waals surface area contributed by atoms with E-state index in [9.17, 15) is 13.6 Å². The Bertz CT molecular complexity index is 561. The molecule has 1 aromatic heterocycles. The molecule has 6 nitrogen and oxygen atoms in total. The van der Waals surface area contributed by atoms with Crippen molar-refractivity contribution in [2.45, 2.75) is 0 Å². The molecule has 78 valence electrons. The average Bonchev–Trinajstić information content (AvgIpc) is 2.58. The molecule has 0 aliphatic heterocycles. The van der Waals surface area contributed by atoms with Crippen LogP contribution in [0.2, 0.25) is 0 Å². The van der Waals surface area contributed by atoms with Gasteiger partial charge in [-0.05, 0) is 10.4 Å². The third-order valence-electron chi connectivity index (χ3n) is 1.77. The molecule has 1 heterocycles. The molecule has 0 unspecified atom stereocenters. The van der Waals surface area contributed by atoms with E-state index in [-0.39, 0.29) is 11.4 Å². The fourth-order valence-electron chi connectivity index (χ4n) is 1.09. The number of nitrogens with zero attached hydrogens (tertiary/aromatic N) is 3. The minimum absolute atomic E-state index is 0.0624. The summed E-state index contributed by atoms with van der Waals surface area (Å²) in [5.74, 6) is -2.21. The summed E-state index contributed by atoms with van der Waals surface area (Å²) in [5.41, 5.74) is 4.55. The smallest absolute Gasteiger partial charge is 0.365 e. The van der Waals surface area contributed by atoms with Crippen molar-refractivity contribution in [3.05, 3.63) is 34.3 Å². The SMILES string of the molecule is Nc1cc(F)c(F)cc1-n1nn[nH]c1=O. The molecule has 0 bridgehead atoms. The maximum Gasteiger partial charge on any atom is 0.365 e. The number of hydrogen-bond donors (Lipinski definition) is 2. The van der Waals surface area contributed by atoms with Gasteiger partial charge in [0.15, 0.2) is 11.6 Å². The van der Waals surface area contributed by atoms with Gasteiger partial charge < -0.3 is 5.73 Å². The summed E-state index contributed by atoms with van der Waals surface area (Å²) in [7, 11) is 0. The molecule has 3 N–H and O–H groups in total. The van der Waals surface area contributed by atoms with E-state index in [0.29, 0.717) is 0 Å². The number of aromatic amines is 1. The van der Waals surface area contributed by atoms with Gasteiger partial charge in [0, 0.05) is 12.1 Å². The molecular weight excluding hydrogens is 208 g/mol. The van der Waals surface area contributed by atoms with Crippen molar-refractivity contribution in [2.24, 2.45) is 0 Å². The molecule has 0 aliphatic rings. The van der Waals surface area contributed by atoms with E-state index in [2.05, 4.69) is 10.4 Å². The van der Waals surface area contributed by atoms with Gasteiger partial charge in [0.05, 0.1) is 11.4 Å². The molecule has 8 heteroatoms. The van der Waals surface area contributed by atoms with E-state index in [0.717, 1.165) is 16.8 Å². The molecule has 1 aromatic carbocycles. The molecule has 0 radical (unpaired) electrons. The second-order valence-electron chi connectivity index (χ2n) is 2.74. The second kappa shape index (κ2) is 3.15. The number of halogens is 2. The highest BCUT2D eigenvalue weighted by Crippen LogP contribution is 2.18. The number of benzene rings is 1. The summed E-state index contributed by atoms with van der Waals surface area (Å²) in [5, 5.41) is 8.55. The van der Waals surface area contributed by atoms with Crippen molar-refractivity contribution in [3.63, 3.8) is 0 Å². The summed E-state index contributed by atoms with van der Waals surface area (Å²) >= 11 is 0. The molecule has 0 saturated carbocycles. The van der Waals surface area contributed by atoms with Gasteiger partial charge in [0.25, 0.3) is 0 Å². The fraction of sp³-hybridized carbons (Fsp3) is 0. The summed E-state index contributed by atoms with van der Waals surface area (Å²) in [6, 6.07) is 1.54. The molecule has 15 heavy (non-hydrogen) atoms. The predicted molar refractivity (Wildman–Crippen MR) is 46.3 cm³/mol. The normalized spacial score (nSPS) is 10.5. The minimum Gasteiger partial charge on any atom is -0.397 e. The first-order chi connectivity index (χ1) is 7.09. The van der Waals surface area contributed by atoms with Crippen LogP contribution < -0.4 is 11.4 Å². The number of H-pyrrole nitrogens is 1. The number of nitrogens with two attached hydrogens (primary N) is 1. The van der Waals surface area contributed by atoms with Gasteiger partial charge >= 0.3 is 5.69 Å². The Morgan fingerprint density at radius 1 is 1.33 bits per heavy atom. The van der Waals surface area contributed by atoms with Crippen molar-refractivity contribution in [2.75, 3.05) is 5.73 Å². The van der Waals surface area contributed by atoms with Gasteiger partial charge in [-0.1, -0.05) is 0 Å². The fourth-order valence-corrected chi connectivity index (χ4v) is 1.09. The highest BCUT2D eigenvalue weighted by atomic mass is 19.2. The first kappa shape index (κ1) is 9.31. The molecule has 0 spiro atoms. The highest BCUT2D eigenvalue weighted by molar-refractivity contribution is 5.57. The number of rotatable bonds is 1. The van der Waals surface area contributed by atoms with Crippen LogP contribution in [0, 0.1) is 11.6 Å². The van der Waals surface area contributed by atoms with Crippen molar-refractivity contribution < 1.29 is 8.78 Å². The molecule has 0 fully saturated rings. The van der Waals surface area contributed by atoms with Gasteiger partial charge in [-0.3, -0.25) is 0 Å². The lowest BCUT2D eigenvalue weighted by Gasteiger charge is -2.03. The zero-order valence-corrected chi connectivity index (χ0v) is 7.24. The first-order valence-electron chi connectivity index (χ1n) is 3.85. The Labute approximate surface area is 81.3 Å². The summed E-state index contributed by atoms with van der Waals surface area (Å²) in [6.07, 6.45) is 0. The van der Waals surface area contributed by atoms with Gasteiger partial charge in [0.2, 0.25) is 0 Å². The summed E-state index contributed by atoms with van der Waals surface area (Å²) in [4.78, 5) is 11.1. The van der Waals surface area contributed by atoms with Crippen molar-refractivity contribution in [3.8, 4) is 5.69 Å². The van der Waals surface area contributed by atoms with Crippen LogP contribution >= 0.6 is 0 Å². The lowest BCUT2D eigenvalue weighted by molar-refractivity contribution is 0.508. The highest BCUT2D eigenvalue weighted by Gasteiger charge is 2.11. The molecule has 0 saturated heterocycles. The number of anilines is 1. The molecule has 2 rings (SSSR count). The molecule has 0 aliphatic carbocycles. The Kier molecular flexibility index (Phi) is 1.96. The largest absolute Gasteiger partial charge is 0.397 e. The van der Waals surface area contributed by atoms with Crippen LogP contribution in [0.4, 0.5) is 14.5 Å². The Morgan fingerprint density at radius 2 is 2.00 bits per heavy atom. The summed E-state index contributed by atoms with van der Waals surface area (Å²) in [6.45, 7) is 0. The van der Waals surface area contributed by atoms with Crippen LogP contribution in [-0.2, 0) is 0 Å². The second-order valence-corrected chi connectivity index (χ2v) is 2.74. The van der Waals surface area contributed by atoms with Gasteiger partial charge in [-0.15, -0.1) is 0 Å². The Morgan fingerprint density at radius 3 is 2.60 bits per heavy atom. The topological polar surface area (TPSA) is 89.6 Å². The van der Waals surface area contributed by atoms with Crippen LogP contribution in [0.15, 0.2) is 16.9 Å². The predicted octanol–water partition coefficient (Wildman–Crippen LogP) is -0.184. The van der Waals surface area contributed by atoms with E-state index in [1.54, 1.807) is 0 Å². The zero-order valence-electron chi connectivity index (χ0n) is 7.24. The average molecular weight is 213 g/mol. The van der Waals surface area contributed by atoms with Crippen LogP contribution in [0.25, 0.3) is 5.69 Å². The van der Waals surface area contributed by atoms with E-state index in [4.69, 9.17) is 5.73 Å². The van der Waals surface area contributed by atoms with Crippen LogP contribution in [-0.4, -0.2) is 20.2 Å². The minimum atomic E-state index is -1.12. The Balaban J connectivity index is 2.69. The zero-order chi connectivity index (χ0) is 11.0. The number of nitrogen functional groups attached to an aromatic ring is 1. The lowest BCUT2D eigenvalue weighted by atomic mass is 10.2. The Hall–Kier alpha value is -2.25. The number of tetrazole rings is 1. The van der Waals surface area contributed by atoms with Gasteiger partial charge in [0.1, 0.15) is 0 Å². The van der Waals surface area contributed by atoms with Gasteiger partial charge in [-0.2, -0.15) is 4.68 Å². The first-order valence-corrected chi connectivity index (χ1v) is 3.85. The molecule has 0 atom stereocenters. The maximum atomic E-state index is 12.9. The van der Waals surface area contributed by atoms with Crippen molar-refractivity contribution in [1.29, 1.82) is 0 Å². The quantitative estimate of drug-likeness (QED) is 0.643. The van der Waals surface area contributed by atoms with Gasteiger partial charge in [-0.25, -0.2) is 18.7 Å². The molecular formula is C7H5F2N5O. The summed E-state index contributed by atoms with van der Waals surface area (Å²) < 4.78 is 26.3. The van der Waals surface area contributed by atoms with Crippen molar-refractivity contribution in [1.82, 2.24) is 20.2 Å². The molecule has 0 amide bonds. The molecule has 2 aromatic rings. The van der Waals surface area contributed by atoms with E-state index >= 15 is 0 Å². The van der Waals surface area contributed by atoms with E-state index in [1.165, 1.54) is 0 Å². The number of hydrogen-bond acceptors (Lipinski definition) is 4. The third-order valence-corrected chi connectivity index (χ3v) is 1.77. The van der Waals surface area contributed by atoms with Crippen molar-refractivity contribution >= 4 is 5.69 Å². The number of nitrogens with one attached hydrogen (secondary N) is 1. The van der Waals surface area contributed by atoms with Crippen LogP contribution in [0.1, 0.15) is 0 Å².